The van der Waals surface area contributed by atoms with Crippen molar-refractivity contribution < 1.29 is 4.79 Å². The molecule has 16 heavy (non-hydrogen) atoms. The maximum Gasteiger partial charge on any atom is 0.230 e. The third kappa shape index (κ3) is 2.37. The van der Waals surface area contributed by atoms with Gasteiger partial charge in [-0.25, -0.2) is 0 Å². The molecular weight excluding hydrogens is 224 g/mol. The summed E-state index contributed by atoms with van der Waals surface area (Å²) >= 11 is 1.45. The molecule has 1 saturated carbocycles. The zero-order chi connectivity index (χ0) is 11.5. The van der Waals surface area contributed by atoms with Crippen LogP contribution in [0.5, 0.6) is 0 Å². The minimum atomic E-state index is 0.0172. The van der Waals surface area contributed by atoms with Gasteiger partial charge in [-0.1, -0.05) is 11.8 Å². The average molecular weight is 240 g/mol. The maximum atomic E-state index is 11.1. The van der Waals surface area contributed by atoms with Gasteiger partial charge in [-0.3, -0.25) is 4.79 Å². The maximum absolute atomic E-state index is 11.1. The molecule has 0 radical (unpaired) electrons. The molecule has 0 unspecified atom stereocenters. The molecule has 88 valence electrons. The Bertz CT molecular complexity index is 386. The molecule has 0 atom stereocenters. The van der Waals surface area contributed by atoms with Crippen LogP contribution in [0.15, 0.2) is 5.16 Å². The summed E-state index contributed by atoms with van der Waals surface area (Å²) in [6, 6.07) is 0. The van der Waals surface area contributed by atoms with E-state index in [0.717, 1.165) is 17.5 Å². The Morgan fingerprint density at radius 2 is 2.31 bits per heavy atom. The molecule has 0 aromatic carbocycles. The number of nitrogens with zero attached hydrogens (tertiary/aromatic N) is 3. The van der Waals surface area contributed by atoms with Crippen LogP contribution < -0.4 is 5.32 Å². The fraction of sp³-hybridized carbons (Fsp3) is 0.700. The van der Waals surface area contributed by atoms with Crippen LogP contribution in [0, 0.1) is 0 Å². The molecule has 5 nitrogen and oxygen atoms in total. The molecule has 0 saturated heterocycles. The highest BCUT2D eigenvalue weighted by Gasteiger charge is 2.29. The van der Waals surface area contributed by atoms with Crippen LogP contribution in [0.3, 0.4) is 0 Å². The lowest BCUT2D eigenvalue weighted by molar-refractivity contribution is -0.118. The molecule has 1 N–H and O–H groups in total. The van der Waals surface area contributed by atoms with Crippen molar-refractivity contribution in [1.29, 1.82) is 0 Å². The van der Waals surface area contributed by atoms with Gasteiger partial charge in [0.25, 0.3) is 0 Å². The van der Waals surface area contributed by atoms with E-state index >= 15 is 0 Å². The highest BCUT2D eigenvalue weighted by molar-refractivity contribution is 7.99. The summed E-state index contributed by atoms with van der Waals surface area (Å²) in [5, 5.41) is 11.8. The van der Waals surface area contributed by atoms with E-state index < -0.39 is 0 Å². The fourth-order valence-corrected chi connectivity index (χ4v) is 2.43. The second-order valence-electron chi connectivity index (χ2n) is 3.82. The number of amides is 1. The zero-order valence-electron chi connectivity index (χ0n) is 9.56. The normalized spacial score (nSPS) is 15.1. The van der Waals surface area contributed by atoms with Gasteiger partial charge in [0.1, 0.15) is 5.82 Å². The van der Waals surface area contributed by atoms with Gasteiger partial charge in [-0.05, 0) is 19.8 Å². The van der Waals surface area contributed by atoms with Crippen LogP contribution in [-0.4, -0.2) is 33.5 Å². The summed E-state index contributed by atoms with van der Waals surface area (Å²) < 4.78 is 2.12. The molecule has 1 heterocycles. The smallest absolute Gasteiger partial charge is 0.230 e. The molecule has 1 amide bonds. The summed E-state index contributed by atoms with van der Waals surface area (Å²) in [6.45, 7) is 2.95. The number of nitrogens with one attached hydrogen (secondary N) is 1. The van der Waals surface area contributed by atoms with Crippen molar-refractivity contribution in [3.8, 4) is 0 Å². The van der Waals surface area contributed by atoms with Crippen LogP contribution in [0.25, 0.3) is 0 Å². The van der Waals surface area contributed by atoms with E-state index in [1.165, 1.54) is 24.6 Å². The van der Waals surface area contributed by atoms with E-state index in [-0.39, 0.29) is 5.91 Å². The summed E-state index contributed by atoms with van der Waals surface area (Å²) in [5.74, 6) is 2.10. The third-order valence-electron chi connectivity index (χ3n) is 2.62. The first kappa shape index (κ1) is 11.4. The lowest BCUT2D eigenvalue weighted by Gasteiger charge is -2.05. The van der Waals surface area contributed by atoms with Crippen LogP contribution in [0.4, 0.5) is 0 Å². The van der Waals surface area contributed by atoms with Crippen LogP contribution in [-0.2, 0) is 11.3 Å². The minimum Gasteiger partial charge on any atom is -0.358 e. The SMILES string of the molecule is CCn1c(SCC(=O)NC)nnc1C1CC1. The van der Waals surface area contributed by atoms with Crippen molar-refractivity contribution in [3.05, 3.63) is 5.82 Å². The first-order valence-corrected chi connectivity index (χ1v) is 6.51. The Morgan fingerprint density at radius 3 is 2.88 bits per heavy atom. The molecule has 1 fully saturated rings. The summed E-state index contributed by atoms with van der Waals surface area (Å²) in [6.07, 6.45) is 2.44. The van der Waals surface area contributed by atoms with Crippen molar-refractivity contribution >= 4 is 17.7 Å². The second kappa shape index (κ2) is 4.86. The predicted molar refractivity (Wildman–Crippen MR) is 62.5 cm³/mol. The third-order valence-corrected chi connectivity index (χ3v) is 3.58. The first-order chi connectivity index (χ1) is 7.76. The Morgan fingerprint density at radius 1 is 1.56 bits per heavy atom. The Balaban J connectivity index is 2.05. The molecule has 1 aromatic rings. The van der Waals surface area contributed by atoms with Crippen LogP contribution >= 0.6 is 11.8 Å². The van der Waals surface area contributed by atoms with Gasteiger partial charge in [0.15, 0.2) is 5.16 Å². The van der Waals surface area contributed by atoms with E-state index in [1.54, 1.807) is 7.05 Å². The topological polar surface area (TPSA) is 59.8 Å². The van der Waals surface area contributed by atoms with Gasteiger partial charge in [0.2, 0.25) is 5.91 Å². The highest BCUT2D eigenvalue weighted by atomic mass is 32.2. The molecule has 0 spiro atoms. The number of carbonyl (C=O) groups excluding carboxylic acids is 1. The van der Waals surface area contributed by atoms with Crippen molar-refractivity contribution in [2.75, 3.05) is 12.8 Å². The molecule has 2 rings (SSSR count). The van der Waals surface area contributed by atoms with E-state index in [2.05, 4.69) is 27.0 Å². The van der Waals surface area contributed by atoms with Crippen molar-refractivity contribution in [2.24, 2.45) is 0 Å². The molecule has 1 aromatic heterocycles. The summed E-state index contributed by atoms with van der Waals surface area (Å²) in [5.41, 5.74) is 0. The van der Waals surface area contributed by atoms with Gasteiger partial charge < -0.3 is 9.88 Å². The Hall–Kier alpha value is -1.04. The summed E-state index contributed by atoms with van der Waals surface area (Å²) in [4.78, 5) is 11.1. The largest absolute Gasteiger partial charge is 0.358 e. The molecule has 0 aliphatic heterocycles. The lowest BCUT2D eigenvalue weighted by atomic mass is 10.4. The number of hydrogen-bond acceptors (Lipinski definition) is 4. The molecule has 1 aliphatic carbocycles. The van der Waals surface area contributed by atoms with Gasteiger partial charge in [0.05, 0.1) is 5.75 Å². The monoisotopic (exact) mass is 240 g/mol. The Labute approximate surface area is 99.0 Å². The zero-order valence-corrected chi connectivity index (χ0v) is 10.4. The van der Waals surface area contributed by atoms with Gasteiger partial charge in [-0.15, -0.1) is 10.2 Å². The van der Waals surface area contributed by atoms with E-state index in [0.29, 0.717) is 11.7 Å². The van der Waals surface area contributed by atoms with Crippen LogP contribution in [0.2, 0.25) is 0 Å². The van der Waals surface area contributed by atoms with Gasteiger partial charge in [-0.2, -0.15) is 0 Å². The number of rotatable bonds is 5. The van der Waals surface area contributed by atoms with Crippen molar-refractivity contribution in [1.82, 2.24) is 20.1 Å². The Kier molecular flexibility index (Phi) is 3.48. The van der Waals surface area contributed by atoms with Gasteiger partial charge >= 0.3 is 0 Å². The minimum absolute atomic E-state index is 0.0172. The number of carbonyl (C=O) groups is 1. The molecule has 0 bridgehead atoms. The van der Waals surface area contributed by atoms with Crippen LogP contribution in [0.1, 0.15) is 31.5 Å². The fourth-order valence-electron chi connectivity index (χ4n) is 1.55. The van der Waals surface area contributed by atoms with Crippen molar-refractivity contribution in [2.45, 2.75) is 37.4 Å². The first-order valence-electron chi connectivity index (χ1n) is 5.52. The standard InChI is InChI=1S/C10H16N4OS/c1-3-14-9(7-4-5-7)12-13-10(14)16-6-8(15)11-2/h7H,3-6H2,1-2H3,(H,11,15). The predicted octanol–water partition coefficient (Wildman–Crippen LogP) is 1.01. The summed E-state index contributed by atoms with van der Waals surface area (Å²) in [7, 11) is 1.64. The van der Waals surface area contributed by atoms with Gasteiger partial charge in [0, 0.05) is 19.5 Å². The van der Waals surface area contributed by atoms with E-state index in [1.807, 2.05) is 0 Å². The average Bonchev–Trinajstić information content (AvgIpc) is 3.06. The molecule has 6 heteroatoms. The highest BCUT2D eigenvalue weighted by Crippen LogP contribution is 2.39. The molecular formula is C10H16N4OS. The number of hydrogen-bond donors (Lipinski definition) is 1. The quantitative estimate of drug-likeness (QED) is 0.780. The number of aromatic nitrogens is 3. The van der Waals surface area contributed by atoms with E-state index in [9.17, 15) is 4.79 Å². The van der Waals surface area contributed by atoms with E-state index in [4.69, 9.17) is 0 Å². The van der Waals surface area contributed by atoms with Crippen molar-refractivity contribution in [3.63, 3.8) is 0 Å². The number of thioether (sulfide) groups is 1. The second-order valence-corrected chi connectivity index (χ2v) is 4.76. The molecule has 1 aliphatic rings. The lowest BCUT2D eigenvalue weighted by Crippen LogP contribution is -2.20.